The van der Waals surface area contributed by atoms with Gasteiger partial charge in [-0.15, -0.1) is 4.40 Å². The van der Waals surface area contributed by atoms with E-state index < -0.39 is 16.3 Å². The highest BCUT2D eigenvalue weighted by Gasteiger charge is 2.30. The van der Waals surface area contributed by atoms with Gasteiger partial charge in [0.2, 0.25) is 0 Å². The van der Waals surface area contributed by atoms with Crippen LogP contribution in [-0.2, 0) is 11.3 Å². The number of morpholine rings is 1. The number of benzene rings is 1. The van der Waals surface area contributed by atoms with Crippen molar-refractivity contribution >= 4 is 33.3 Å². The van der Waals surface area contributed by atoms with Crippen molar-refractivity contribution in [3.05, 3.63) is 58.5 Å². The summed E-state index contributed by atoms with van der Waals surface area (Å²) in [4.78, 5) is 20.4. The Morgan fingerprint density at radius 1 is 1.09 bits per heavy atom. The fraction of sp³-hybridized carbons (Fsp3) is 0.318. The summed E-state index contributed by atoms with van der Waals surface area (Å²) in [5.74, 6) is -0.378. The number of nitrogens with zero attached hydrogens (tertiary/aromatic N) is 4. The molecule has 0 bridgehead atoms. The van der Waals surface area contributed by atoms with Gasteiger partial charge in [0.1, 0.15) is 21.9 Å². The molecule has 3 aromatic rings. The third kappa shape index (κ3) is 4.09. The maximum Gasteiger partial charge on any atom is 0.267 e. The monoisotopic (exact) mass is 471 g/mol. The van der Waals surface area contributed by atoms with Crippen LogP contribution < -0.4 is 10.9 Å². The number of aromatic hydroxyl groups is 1. The van der Waals surface area contributed by atoms with Gasteiger partial charge in [-0.25, -0.2) is 4.98 Å². The summed E-state index contributed by atoms with van der Waals surface area (Å²) >= 11 is 0. The largest absolute Gasteiger partial charge is 0.506 e. The molecule has 1 fully saturated rings. The summed E-state index contributed by atoms with van der Waals surface area (Å²) in [6.07, 6.45) is 2.27. The maximum absolute atomic E-state index is 13.6. The van der Waals surface area contributed by atoms with Crippen LogP contribution in [0, 0.1) is 0 Å². The second kappa shape index (κ2) is 8.76. The Labute approximate surface area is 191 Å². The highest BCUT2D eigenvalue weighted by molar-refractivity contribution is 8.23. The Morgan fingerprint density at radius 3 is 2.70 bits per heavy atom. The Kier molecular flexibility index (Phi) is 5.81. The molecule has 10 nitrogen and oxygen atoms in total. The molecule has 2 aliphatic heterocycles. The van der Waals surface area contributed by atoms with Gasteiger partial charge in [0, 0.05) is 32.4 Å². The zero-order valence-electron chi connectivity index (χ0n) is 17.8. The number of nitrogens with one attached hydrogen (secondary N) is 1. The number of pyridine rings is 2. The first-order valence-corrected chi connectivity index (χ1v) is 12.2. The van der Waals surface area contributed by atoms with Crippen molar-refractivity contribution in [1.82, 2.24) is 14.5 Å². The maximum atomic E-state index is 13.6. The van der Waals surface area contributed by atoms with Crippen molar-refractivity contribution in [2.24, 2.45) is 4.40 Å². The average Bonchev–Trinajstić information content (AvgIpc) is 2.82. The number of rotatable bonds is 5. The lowest BCUT2D eigenvalue weighted by Gasteiger charge is -2.34. The Morgan fingerprint density at radius 2 is 1.88 bits per heavy atom. The number of hydrogen-bond donors (Lipinski definition) is 4. The van der Waals surface area contributed by atoms with Crippen molar-refractivity contribution in [3.8, 4) is 5.75 Å². The van der Waals surface area contributed by atoms with E-state index in [0.717, 1.165) is 19.6 Å². The highest BCUT2D eigenvalue weighted by Crippen LogP contribution is 2.55. The van der Waals surface area contributed by atoms with Gasteiger partial charge in [-0.3, -0.25) is 23.4 Å². The van der Waals surface area contributed by atoms with Crippen LogP contribution >= 0.6 is 10.8 Å². The number of para-hydroxylation sites is 1. The fourth-order valence-electron chi connectivity index (χ4n) is 4.21. The Bertz CT molecular complexity index is 1290. The minimum atomic E-state index is -3.54. The zero-order valence-corrected chi connectivity index (χ0v) is 18.7. The van der Waals surface area contributed by atoms with Gasteiger partial charge in [-0.05, 0) is 30.7 Å². The molecule has 0 amide bonds. The lowest BCUT2D eigenvalue weighted by atomic mass is 10.1. The molecule has 11 heteroatoms. The number of ether oxygens (including phenoxy) is 1. The SMILES string of the molecule is O=c1c(C2=NS(O)(O)c3ccccc3N2)c(O)c2cccnc2n1CCCN1CCOCC1. The second-order valence-corrected chi connectivity index (χ2v) is 9.60. The number of aromatic nitrogens is 2. The van der Waals surface area contributed by atoms with Crippen LogP contribution in [-0.4, -0.2) is 67.3 Å². The van der Waals surface area contributed by atoms with E-state index >= 15 is 0 Å². The summed E-state index contributed by atoms with van der Waals surface area (Å²) in [5, 5.41) is 14.4. The van der Waals surface area contributed by atoms with Gasteiger partial charge in [0.15, 0.2) is 5.84 Å². The minimum Gasteiger partial charge on any atom is -0.506 e. The molecule has 0 saturated carbocycles. The van der Waals surface area contributed by atoms with Crippen LogP contribution in [0.5, 0.6) is 5.75 Å². The van der Waals surface area contributed by atoms with Crippen molar-refractivity contribution in [2.75, 3.05) is 38.2 Å². The van der Waals surface area contributed by atoms with Crippen molar-refractivity contribution < 1.29 is 18.9 Å². The van der Waals surface area contributed by atoms with Gasteiger partial charge < -0.3 is 15.2 Å². The summed E-state index contributed by atoms with van der Waals surface area (Å²) in [7, 11) is -3.54. The first kappa shape index (κ1) is 21.9. The summed E-state index contributed by atoms with van der Waals surface area (Å²) < 4.78 is 32.1. The number of fused-ring (bicyclic) bond motifs is 2. The quantitative estimate of drug-likeness (QED) is 0.447. The van der Waals surface area contributed by atoms with Crippen LogP contribution in [0.3, 0.4) is 0 Å². The third-order valence-electron chi connectivity index (χ3n) is 5.84. The molecule has 1 aromatic carbocycles. The molecular formula is C22H25N5O5S. The van der Waals surface area contributed by atoms with E-state index in [4.69, 9.17) is 4.74 Å². The number of aryl methyl sites for hydroxylation is 1. The van der Waals surface area contributed by atoms with Crippen LogP contribution in [0.1, 0.15) is 12.0 Å². The lowest BCUT2D eigenvalue weighted by Crippen LogP contribution is -2.38. The van der Waals surface area contributed by atoms with Gasteiger partial charge in [-0.1, -0.05) is 22.9 Å². The molecule has 1 saturated heterocycles. The smallest absolute Gasteiger partial charge is 0.267 e. The van der Waals surface area contributed by atoms with E-state index in [-0.39, 0.29) is 22.0 Å². The summed E-state index contributed by atoms with van der Waals surface area (Å²) in [6.45, 7) is 4.30. The molecule has 2 aliphatic rings. The van der Waals surface area contributed by atoms with Gasteiger partial charge >= 0.3 is 0 Å². The van der Waals surface area contributed by atoms with Gasteiger partial charge in [0.25, 0.3) is 5.56 Å². The second-order valence-electron chi connectivity index (χ2n) is 7.94. The Balaban J connectivity index is 1.56. The fourth-order valence-corrected chi connectivity index (χ4v) is 5.37. The number of amidine groups is 1. The molecule has 0 unspecified atom stereocenters. The lowest BCUT2D eigenvalue weighted by molar-refractivity contribution is 0.0369. The predicted molar refractivity (Wildman–Crippen MR) is 127 cm³/mol. The zero-order chi connectivity index (χ0) is 23.0. The van der Waals surface area contributed by atoms with Crippen LogP contribution in [0.15, 0.2) is 56.7 Å². The standard InChI is InChI=1S/C22H25N5O5S/c28-19-15-5-3-8-23-21(15)27(10-4-9-26-11-13-32-14-12-26)22(29)18(19)20-24-16-6-1-2-7-17(16)33(30,31)25-20/h1-3,5-8,28,30-31H,4,9-14H2,(H,24,25). The molecule has 174 valence electrons. The molecule has 0 atom stereocenters. The van der Waals surface area contributed by atoms with E-state index in [1.54, 1.807) is 42.6 Å². The molecule has 4 heterocycles. The van der Waals surface area contributed by atoms with Gasteiger partial charge in [-0.2, -0.15) is 0 Å². The number of hydrogen-bond acceptors (Lipinski definition) is 9. The van der Waals surface area contributed by atoms with E-state index in [0.29, 0.717) is 42.9 Å². The van der Waals surface area contributed by atoms with Crippen LogP contribution in [0.4, 0.5) is 5.69 Å². The molecule has 5 rings (SSSR count). The molecule has 2 aromatic heterocycles. The van der Waals surface area contributed by atoms with E-state index in [2.05, 4.69) is 19.6 Å². The first-order valence-electron chi connectivity index (χ1n) is 10.7. The summed E-state index contributed by atoms with van der Waals surface area (Å²) in [5.41, 5.74) is 0.179. The van der Waals surface area contributed by atoms with Crippen molar-refractivity contribution in [3.63, 3.8) is 0 Å². The van der Waals surface area contributed by atoms with Crippen LogP contribution in [0.25, 0.3) is 11.0 Å². The van der Waals surface area contributed by atoms with Crippen molar-refractivity contribution in [1.29, 1.82) is 0 Å². The predicted octanol–water partition coefficient (Wildman–Crippen LogP) is 2.72. The average molecular weight is 472 g/mol. The third-order valence-corrected chi connectivity index (χ3v) is 7.23. The molecule has 4 N–H and O–H groups in total. The highest BCUT2D eigenvalue weighted by atomic mass is 32.3. The molecule has 0 spiro atoms. The normalized spacial score (nSPS) is 18.9. The molecule has 33 heavy (non-hydrogen) atoms. The first-order chi connectivity index (χ1) is 16.0. The van der Waals surface area contributed by atoms with E-state index in [1.165, 1.54) is 4.57 Å². The minimum absolute atomic E-state index is 0.0797. The topological polar surface area (TPSA) is 132 Å². The van der Waals surface area contributed by atoms with E-state index in [9.17, 15) is 19.0 Å². The number of anilines is 1. The van der Waals surface area contributed by atoms with Gasteiger partial charge in [0.05, 0.1) is 24.3 Å². The molecular weight excluding hydrogens is 446 g/mol. The van der Waals surface area contributed by atoms with E-state index in [1.807, 2.05) is 0 Å². The Hall–Kier alpha value is -2.96. The van der Waals surface area contributed by atoms with Crippen molar-refractivity contribution in [2.45, 2.75) is 17.9 Å². The molecule has 0 radical (unpaired) electrons. The van der Waals surface area contributed by atoms with Crippen LogP contribution in [0.2, 0.25) is 0 Å². The molecule has 0 aliphatic carbocycles. The summed E-state index contributed by atoms with van der Waals surface area (Å²) in [6, 6.07) is 9.99.